The molecule has 3 nitrogen and oxygen atoms in total. The van der Waals surface area contributed by atoms with Crippen molar-refractivity contribution in [2.75, 3.05) is 0 Å². The minimum atomic E-state index is -4.56. The lowest BCUT2D eigenvalue weighted by Crippen LogP contribution is -2.31. The van der Waals surface area contributed by atoms with Crippen molar-refractivity contribution < 1.29 is 27.8 Å². The third-order valence-electron chi connectivity index (χ3n) is 7.17. The zero-order valence-electron chi connectivity index (χ0n) is 16.8. The molecule has 7 heteroatoms. The molecule has 164 valence electrons. The van der Waals surface area contributed by atoms with Crippen LogP contribution in [0.4, 0.5) is 13.2 Å². The monoisotopic (exact) mass is 450 g/mol. The van der Waals surface area contributed by atoms with E-state index in [1.165, 1.54) is 12.1 Å². The second kappa shape index (κ2) is 7.32. The Hall–Kier alpha value is -1.89. The smallest absolute Gasteiger partial charge is 0.392 e. The van der Waals surface area contributed by atoms with E-state index >= 15 is 0 Å². The number of aryl methyl sites for hydroxylation is 1. The van der Waals surface area contributed by atoms with E-state index in [0.717, 1.165) is 24.5 Å². The first kappa shape index (κ1) is 21.0. The quantitative estimate of drug-likeness (QED) is 0.680. The van der Waals surface area contributed by atoms with Crippen LogP contribution in [0.1, 0.15) is 42.4 Å². The predicted octanol–water partition coefficient (Wildman–Crippen LogP) is 5.41. The standard InChI is InChI=1S/C24H22ClF3O3/c1-2-11-3-4-12(13-5-6-16(25)15(10-13)24(26,27)28)9-14(11)19-22(29)20-17-7-8-18(31-17)21(20)23(19)30/h3-6,9-10,17-22,29H,2,7-8H2,1H3. The van der Waals surface area contributed by atoms with E-state index in [9.17, 15) is 23.1 Å². The van der Waals surface area contributed by atoms with Crippen LogP contribution in [0.5, 0.6) is 0 Å². The molecule has 2 aromatic rings. The van der Waals surface area contributed by atoms with Crippen LogP contribution in [0.15, 0.2) is 36.4 Å². The first-order chi connectivity index (χ1) is 14.7. The maximum absolute atomic E-state index is 13.3. The maximum atomic E-state index is 13.3. The van der Waals surface area contributed by atoms with Crippen LogP contribution in [0, 0.1) is 11.8 Å². The molecule has 3 fully saturated rings. The largest absolute Gasteiger partial charge is 0.417 e. The van der Waals surface area contributed by atoms with Gasteiger partial charge in [-0.15, -0.1) is 0 Å². The maximum Gasteiger partial charge on any atom is 0.417 e. The molecule has 1 aliphatic carbocycles. The highest BCUT2D eigenvalue weighted by molar-refractivity contribution is 6.31. The normalized spacial score (nSPS) is 32.0. The van der Waals surface area contributed by atoms with E-state index in [0.29, 0.717) is 23.1 Å². The van der Waals surface area contributed by atoms with Gasteiger partial charge >= 0.3 is 6.18 Å². The first-order valence-corrected chi connectivity index (χ1v) is 11.0. The van der Waals surface area contributed by atoms with Gasteiger partial charge in [0.15, 0.2) is 0 Å². The van der Waals surface area contributed by atoms with E-state index in [-0.39, 0.29) is 34.8 Å². The minimum Gasteiger partial charge on any atom is -0.392 e. The average Bonchev–Trinajstić information content (AvgIpc) is 3.41. The number of fused-ring (bicyclic) bond motifs is 5. The Balaban J connectivity index is 1.57. The Morgan fingerprint density at radius 3 is 2.45 bits per heavy atom. The van der Waals surface area contributed by atoms with E-state index in [2.05, 4.69) is 0 Å². The van der Waals surface area contributed by atoms with Gasteiger partial charge in [0.2, 0.25) is 0 Å². The highest BCUT2D eigenvalue weighted by atomic mass is 35.5. The molecule has 2 heterocycles. The van der Waals surface area contributed by atoms with Crippen molar-refractivity contribution in [2.45, 2.75) is 56.6 Å². The Morgan fingerprint density at radius 1 is 1.10 bits per heavy atom. The summed E-state index contributed by atoms with van der Waals surface area (Å²) in [7, 11) is 0. The van der Waals surface area contributed by atoms with Gasteiger partial charge in [-0.05, 0) is 53.6 Å². The highest BCUT2D eigenvalue weighted by Gasteiger charge is 2.62. The Morgan fingerprint density at radius 2 is 1.77 bits per heavy atom. The van der Waals surface area contributed by atoms with Crippen molar-refractivity contribution in [2.24, 2.45) is 11.8 Å². The molecule has 0 aromatic heterocycles. The number of hydrogen-bond acceptors (Lipinski definition) is 3. The van der Waals surface area contributed by atoms with E-state index in [1.807, 2.05) is 13.0 Å². The number of aliphatic hydroxyl groups excluding tert-OH is 1. The molecule has 6 unspecified atom stereocenters. The summed E-state index contributed by atoms with van der Waals surface area (Å²) in [6.07, 6.45) is -3.27. The fourth-order valence-corrected chi connectivity index (χ4v) is 5.99. The number of carbonyl (C=O) groups is 1. The number of carbonyl (C=O) groups excluding carboxylic acids is 1. The van der Waals surface area contributed by atoms with Crippen LogP contribution in [0.3, 0.4) is 0 Å². The Kier molecular flexibility index (Phi) is 4.96. The van der Waals surface area contributed by atoms with Crippen LogP contribution >= 0.6 is 11.6 Å². The second-order valence-corrected chi connectivity index (χ2v) is 9.13. The van der Waals surface area contributed by atoms with Crippen molar-refractivity contribution in [3.63, 3.8) is 0 Å². The van der Waals surface area contributed by atoms with Crippen molar-refractivity contribution >= 4 is 17.4 Å². The van der Waals surface area contributed by atoms with Crippen LogP contribution in [0.2, 0.25) is 5.02 Å². The summed E-state index contributed by atoms with van der Waals surface area (Å²) < 4.78 is 45.9. The van der Waals surface area contributed by atoms with Gasteiger partial charge in [-0.2, -0.15) is 13.2 Å². The molecule has 0 radical (unpaired) electrons. The summed E-state index contributed by atoms with van der Waals surface area (Å²) in [4.78, 5) is 13.3. The summed E-state index contributed by atoms with van der Waals surface area (Å²) in [6, 6.07) is 9.16. The number of rotatable bonds is 3. The van der Waals surface area contributed by atoms with Crippen molar-refractivity contribution in [1.82, 2.24) is 0 Å². The number of ether oxygens (including phenoxy) is 1. The number of ketones is 1. The van der Waals surface area contributed by atoms with Crippen molar-refractivity contribution in [1.29, 1.82) is 0 Å². The fourth-order valence-electron chi connectivity index (χ4n) is 5.76. The molecule has 2 bridgehead atoms. The van der Waals surface area contributed by atoms with Crippen LogP contribution < -0.4 is 0 Å². The van der Waals surface area contributed by atoms with E-state index in [4.69, 9.17) is 16.3 Å². The number of aliphatic hydroxyl groups is 1. The summed E-state index contributed by atoms with van der Waals surface area (Å²) in [5.41, 5.74) is 1.65. The van der Waals surface area contributed by atoms with E-state index in [1.54, 1.807) is 12.1 Å². The summed E-state index contributed by atoms with van der Waals surface area (Å²) in [5, 5.41) is 10.8. The third kappa shape index (κ3) is 3.22. The van der Waals surface area contributed by atoms with Crippen molar-refractivity contribution in [3.05, 3.63) is 58.1 Å². The molecule has 31 heavy (non-hydrogen) atoms. The summed E-state index contributed by atoms with van der Waals surface area (Å²) >= 11 is 5.77. The molecule has 1 N–H and O–H groups in total. The summed E-state index contributed by atoms with van der Waals surface area (Å²) in [6.45, 7) is 1.96. The Bertz CT molecular complexity index is 1050. The molecular weight excluding hydrogens is 429 g/mol. The number of hydrogen-bond donors (Lipinski definition) is 1. The van der Waals surface area contributed by atoms with Crippen molar-refractivity contribution in [3.8, 4) is 11.1 Å². The lowest BCUT2D eigenvalue weighted by Gasteiger charge is -2.24. The molecule has 5 rings (SSSR count). The topological polar surface area (TPSA) is 46.5 Å². The molecule has 1 saturated carbocycles. The summed E-state index contributed by atoms with van der Waals surface area (Å²) in [5.74, 6) is -1.17. The number of halogens is 4. The number of benzene rings is 2. The zero-order chi connectivity index (χ0) is 22.1. The van der Waals surface area contributed by atoms with Gasteiger partial charge in [0.25, 0.3) is 0 Å². The highest BCUT2D eigenvalue weighted by Crippen LogP contribution is 2.54. The van der Waals surface area contributed by atoms with Gasteiger partial charge in [-0.3, -0.25) is 4.79 Å². The molecule has 0 amide bonds. The number of alkyl halides is 3. The predicted molar refractivity (Wildman–Crippen MR) is 110 cm³/mol. The van der Waals surface area contributed by atoms with Crippen LogP contribution in [-0.4, -0.2) is 29.2 Å². The third-order valence-corrected chi connectivity index (χ3v) is 7.50. The van der Waals surface area contributed by atoms with Crippen LogP contribution in [0.25, 0.3) is 11.1 Å². The molecule has 6 atom stereocenters. The molecule has 3 aliphatic rings. The molecule has 0 spiro atoms. The van der Waals surface area contributed by atoms with Gasteiger partial charge in [0, 0.05) is 5.92 Å². The number of Topliss-reactive ketones (excluding diaryl/α,β-unsaturated/α-hetero) is 1. The Labute approximate surface area is 183 Å². The zero-order valence-corrected chi connectivity index (χ0v) is 17.6. The second-order valence-electron chi connectivity index (χ2n) is 8.72. The van der Waals surface area contributed by atoms with Gasteiger partial charge in [-0.25, -0.2) is 0 Å². The fraction of sp³-hybridized carbons (Fsp3) is 0.458. The van der Waals surface area contributed by atoms with E-state index < -0.39 is 23.8 Å². The molecule has 2 aliphatic heterocycles. The van der Waals surface area contributed by atoms with Gasteiger partial charge in [0.1, 0.15) is 5.78 Å². The minimum absolute atomic E-state index is 0.0105. The molecule has 2 saturated heterocycles. The molecule has 2 aromatic carbocycles. The average molecular weight is 451 g/mol. The lowest BCUT2D eigenvalue weighted by atomic mass is 9.81. The van der Waals surface area contributed by atoms with Gasteiger partial charge in [0.05, 0.1) is 40.7 Å². The van der Waals surface area contributed by atoms with Gasteiger partial charge in [-0.1, -0.05) is 42.8 Å². The lowest BCUT2D eigenvalue weighted by molar-refractivity contribution is -0.137. The van der Waals surface area contributed by atoms with Gasteiger partial charge < -0.3 is 9.84 Å². The molecular formula is C24H22ClF3O3. The van der Waals surface area contributed by atoms with Crippen LogP contribution in [-0.2, 0) is 22.1 Å². The SMILES string of the molecule is CCc1ccc(-c2ccc(Cl)c(C(F)(F)F)c2)cc1C1C(=O)C2C3CCC(O3)C2C1O. The first-order valence-electron chi connectivity index (χ1n) is 10.6.